The summed E-state index contributed by atoms with van der Waals surface area (Å²) in [6.45, 7) is 4.78. The van der Waals surface area contributed by atoms with Crippen LogP contribution in [0.25, 0.3) is 0 Å². The first kappa shape index (κ1) is 24.9. The topological polar surface area (TPSA) is 135 Å². The highest BCUT2D eigenvalue weighted by atomic mass is 32.2. The van der Waals surface area contributed by atoms with Crippen LogP contribution in [0.5, 0.6) is 11.5 Å². The Labute approximate surface area is 208 Å². The number of phenolic OH excluding ortho intramolecular Hbond substituents is 1. The summed E-state index contributed by atoms with van der Waals surface area (Å²) >= 11 is 0.914. The number of aromatic hydroxyl groups is 1. The molecule has 4 rings (SSSR count). The molecule has 1 fully saturated rings. The second kappa shape index (κ2) is 9.83. The van der Waals surface area contributed by atoms with Crippen LogP contribution in [0.1, 0.15) is 25.0 Å². The van der Waals surface area contributed by atoms with Gasteiger partial charge in [-0.05, 0) is 24.3 Å². The van der Waals surface area contributed by atoms with Crippen molar-refractivity contribution in [1.29, 1.82) is 5.26 Å². The largest absolute Gasteiger partial charge is 0.508 e. The Kier molecular flexibility index (Phi) is 7.00. The van der Waals surface area contributed by atoms with Crippen molar-refractivity contribution in [3.8, 4) is 17.6 Å². The number of hydrogen-bond acceptors (Lipinski definition) is 10. The quantitative estimate of drug-likeness (QED) is 0.471. The lowest BCUT2D eigenvalue weighted by atomic mass is 9.73. The summed E-state index contributed by atoms with van der Waals surface area (Å²) in [4.78, 5) is 3.99. The molecule has 0 amide bonds. The molecule has 0 spiro atoms. The van der Waals surface area contributed by atoms with Crippen molar-refractivity contribution in [2.45, 2.75) is 25.3 Å². The Balaban J connectivity index is 1.71. The van der Waals surface area contributed by atoms with E-state index in [-0.39, 0.29) is 33.3 Å². The smallest absolute Gasteiger partial charge is 0.495 e. The molecule has 0 radical (unpaired) electrons. The van der Waals surface area contributed by atoms with Crippen LogP contribution in [-0.4, -0.2) is 50.3 Å². The van der Waals surface area contributed by atoms with Crippen LogP contribution in [0, 0.1) is 16.7 Å². The minimum atomic E-state index is -4.17. The molecule has 1 saturated heterocycles. The maximum Gasteiger partial charge on any atom is 0.495 e. The van der Waals surface area contributed by atoms with Crippen molar-refractivity contribution in [1.82, 2.24) is 9.36 Å². The molecular weight excluding hydrogens is 491 g/mol. The Hall–Kier alpha value is -3.18. The van der Waals surface area contributed by atoms with Crippen molar-refractivity contribution >= 4 is 39.3 Å². The second-order valence-corrected chi connectivity index (χ2v) is 11.3. The molecule has 2 aromatic carbocycles. The van der Waals surface area contributed by atoms with E-state index in [9.17, 15) is 18.8 Å². The van der Waals surface area contributed by atoms with E-state index in [4.69, 9.17) is 14.0 Å². The summed E-state index contributed by atoms with van der Waals surface area (Å²) in [5.41, 5.74) is 0.956. The minimum absolute atomic E-state index is 0.0132. The van der Waals surface area contributed by atoms with Gasteiger partial charge in [-0.15, -0.1) is 0 Å². The summed E-state index contributed by atoms with van der Waals surface area (Å²) in [7, 11) is -3.49. The lowest BCUT2D eigenvalue weighted by Crippen LogP contribution is -2.48. The highest BCUT2D eigenvalue weighted by molar-refractivity contribution is 7.93. The van der Waals surface area contributed by atoms with Crippen molar-refractivity contribution in [3.63, 3.8) is 0 Å². The van der Waals surface area contributed by atoms with E-state index < -0.39 is 17.1 Å². The number of nitriles is 1. The summed E-state index contributed by atoms with van der Waals surface area (Å²) in [5, 5.41) is 19.7. The Morgan fingerprint density at radius 1 is 1.26 bits per heavy atom. The average molecular weight is 514 g/mol. The molecule has 1 aromatic heterocycles. The molecule has 3 aromatic rings. The third-order valence-electron chi connectivity index (χ3n) is 5.39. The second-order valence-electron chi connectivity index (χ2n) is 8.71. The Morgan fingerprint density at radius 2 is 2.00 bits per heavy atom. The van der Waals surface area contributed by atoms with Gasteiger partial charge in [-0.1, -0.05) is 19.9 Å². The Morgan fingerprint density at radius 3 is 2.63 bits per heavy atom. The standard InChI is InChI=1S/C22H23BN4O6S2/c1-22(2)12-32-23(33-13-22)19-7-6-18(8-16(19)10-24)35(29,30)27(21-25-14-26-34-21)11-15-4-5-17(28)9-20(15)31-3/h4-9,14,28H,11-13H2,1-3H3. The van der Waals surface area contributed by atoms with Crippen molar-refractivity contribution in [2.75, 3.05) is 24.6 Å². The summed E-state index contributed by atoms with van der Waals surface area (Å²) in [6, 6.07) is 10.7. The van der Waals surface area contributed by atoms with Gasteiger partial charge in [0.1, 0.15) is 17.8 Å². The van der Waals surface area contributed by atoms with E-state index in [2.05, 4.69) is 15.4 Å². The van der Waals surface area contributed by atoms with Gasteiger partial charge in [-0.25, -0.2) is 17.7 Å². The fraction of sp³-hybridized carbons (Fsp3) is 0.318. The van der Waals surface area contributed by atoms with Gasteiger partial charge >= 0.3 is 7.12 Å². The predicted octanol–water partition coefficient (Wildman–Crippen LogP) is 2.29. The van der Waals surface area contributed by atoms with Crippen LogP contribution in [0.4, 0.5) is 5.13 Å². The van der Waals surface area contributed by atoms with Crippen molar-refractivity contribution in [2.24, 2.45) is 5.41 Å². The SMILES string of the molecule is COc1cc(O)ccc1CN(c1ncns1)S(=O)(=O)c1ccc(B2OCC(C)(C)CO2)c(C#N)c1. The van der Waals surface area contributed by atoms with E-state index in [1.165, 1.54) is 43.8 Å². The van der Waals surface area contributed by atoms with E-state index in [1.54, 1.807) is 6.07 Å². The number of nitrogens with zero attached hydrogens (tertiary/aromatic N) is 4. The molecule has 10 nitrogen and oxygen atoms in total. The van der Waals surface area contributed by atoms with Crippen molar-refractivity contribution in [3.05, 3.63) is 53.9 Å². The molecule has 0 atom stereocenters. The van der Waals surface area contributed by atoms with Gasteiger partial charge in [-0.2, -0.15) is 9.64 Å². The zero-order valence-corrected chi connectivity index (χ0v) is 21.0. The van der Waals surface area contributed by atoms with Gasteiger partial charge in [-0.3, -0.25) is 0 Å². The fourth-order valence-corrected chi connectivity index (χ4v) is 5.70. The Bertz CT molecular complexity index is 1350. The van der Waals surface area contributed by atoms with E-state index in [0.29, 0.717) is 30.0 Å². The van der Waals surface area contributed by atoms with Gasteiger partial charge in [0, 0.05) is 47.3 Å². The normalized spacial score (nSPS) is 15.4. The lowest BCUT2D eigenvalue weighted by Gasteiger charge is -2.33. The number of methoxy groups -OCH3 is 1. The van der Waals surface area contributed by atoms with Crippen LogP contribution < -0.4 is 14.5 Å². The first-order chi connectivity index (χ1) is 16.6. The van der Waals surface area contributed by atoms with Crippen LogP contribution in [0.2, 0.25) is 0 Å². The van der Waals surface area contributed by atoms with Gasteiger partial charge in [0.05, 0.1) is 30.2 Å². The number of phenols is 1. The van der Waals surface area contributed by atoms with Crippen LogP contribution in [-0.2, 0) is 25.9 Å². The maximum atomic E-state index is 13.7. The van der Waals surface area contributed by atoms with Gasteiger partial charge in [0.25, 0.3) is 10.0 Å². The monoisotopic (exact) mass is 514 g/mol. The van der Waals surface area contributed by atoms with Gasteiger partial charge < -0.3 is 19.2 Å². The molecule has 0 aliphatic carbocycles. The maximum absolute atomic E-state index is 13.7. The van der Waals surface area contributed by atoms with Crippen LogP contribution in [0.3, 0.4) is 0 Å². The molecule has 0 saturated carbocycles. The average Bonchev–Trinajstić information content (AvgIpc) is 3.37. The summed E-state index contributed by atoms with van der Waals surface area (Å²) < 4.78 is 49.4. The highest BCUT2D eigenvalue weighted by Crippen LogP contribution is 2.31. The number of aromatic nitrogens is 2. The van der Waals surface area contributed by atoms with E-state index in [0.717, 1.165) is 15.8 Å². The number of anilines is 1. The zero-order chi connectivity index (χ0) is 25.2. The van der Waals surface area contributed by atoms with Crippen LogP contribution >= 0.6 is 11.5 Å². The minimum Gasteiger partial charge on any atom is -0.508 e. The summed E-state index contributed by atoms with van der Waals surface area (Å²) in [5.74, 6) is 0.304. The van der Waals surface area contributed by atoms with Gasteiger partial charge in [0.15, 0.2) is 0 Å². The number of sulfonamides is 1. The molecule has 35 heavy (non-hydrogen) atoms. The number of hydrogen-bond donors (Lipinski definition) is 1. The fourth-order valence-electron chi connectivity index (χ4n) is 3.55. The molecular formula is C22H23BN4O6S2. The molecule has 13 heteroatoms. The lowest BCUT2D eigenvalue weighted by molar-refractivity contribution is 0.0343. The molecule has 1 aliphatic heterocycles. The van der Waals surface area contributed by atoms with Crippen molar-refractivity contribution < 1.29 is 27.6 Å². The molecule has 1 aliphatic rings. The first-order valence-corrected chi connectivity index (χ1v) is 12.8. The zero-order valence-electron chi connectivity index (χ0n) is 19.3. The molecule has 2 heterocycles. The summed E-state index contributed by atoms with van der Waals surface area (Å²) in [6.07, 6.45) is 1.26. The number of ether oxygens (including phenoxy) is 1. The number of benzene rings is 2. The third-order valence-corrected chi connectivity index (χ3v) is 7.92. The van der Waals surface area contributed by atoms with Gasteiger partial charge in [0.2, 0.25) is 5.13 Å². The van der Waals surface area contributed by atoms with Crippen LogP contribution in [0.15, 0.2) is 47.6 Å². The highest BCUT2D eigenvalue weighted by Gasteiger charge is 2.36. The molecule has 1 N–H and O–H groups in total. The number of rotatable bonds is 7. The first-order valence-electron chi connectivity index (χ1n) is 10.6. The third kappa shape index (κ3) is 5.25. The molecule has 182 valence electrons. The molecule has 0 unspecified atom stereocenters. The van der Waals surface area contributed by atoms with E-state index in [1.807, 2.05) is 13.8 Å². The van der Waals surface area contributed by atoms with E-state index >= 15 is 0 Å². The molecule has 0 bridgehead atoms. The predicted molar refractivity (Wildman–Crippen MR) is 130 cm³/mol.